The Hall–Kier alpha value is -1.58. The zero-order valence-corrected chi connectivity index (χ0v) is 8.42. The molecule has 2 rings (SSSR count). The summed E-state index contributed by atoms with van der Waals surface area (Å²) in [4.78, 5) is 11.2. The molecule has 0 aromatic heterocycles. The van der Waals surface area contributed by atoms with E-state index in [1.54, 1.807) is 19.1 Å². The van der Waals surface area contributed by atoms with Crippen LogP contribution < -0.4 is 10.1 Å². The molecule has 1 aromatic carbocycles. The molecule has 1 aliphatic rings. The normalized spacial score (nSPS) is 20.1. The van der Waals surface area contributed by atoms with Gasteiger partial charge < -0.3 is 10.1 Å². The van der Waals surface area contributed by atoms with Crippen LogP contribution in [0.25, 0.3) is 0 Å². The average molecular weight is 209 g/mol. The van der Waals surface area contributed by atoms with Gasteiger partial charge in [-0.25, -0.2) is 4.39 Å². The number of amides is 1. The van der Waals surface area contributed by atoms with Crippen molar-refractivity contribution in [3.8, 4) is 5.75 Å². The lowest BCUT2D eigenvalue weighted by atomic mass is 10.2. The number of carbonyl (C=O) groups excluding carboxylic acids is 1. The third-order valence-electron chi connectivity index (χ3n) is 2.42. The first-order chi connectivity index (χ1) is 7.16. The van der Waals surface area contributed by atoms with Crippen LogP contribution in [0.3, 0.4) is 0 Å². The molecule has 1 N–H and O–H groups in total. The van der Waals surface area contributed by atoms with Gasteiger partial charge in [-0.05, 0) is 18.6 Å². The van der Waals surface area contributed by atoms with Gasteiger partial charge in [0.1, 0.15) is 11.6 Å². The summed E-state index contributed by atoms with van der Waals surface area (Å²) in [5.74, 6) is -0.0398. The summed E-state index contributed by atoms with van der Waals surface area (Å²) in [6, 6.07) is 4.61. The Morgan fingerprint density at radius 3 is 2.93 bits per heavy atom. The van der Waals surface area contributed by atoms with E-state index < -0.39 is 6.10 Å². The van der Waals surface area contributed by atoms with Gasteiger partial charge in [0, 0.05) is 19.0 Å². The molecular formula is C11H12FNO2. The van der Waals surface area contributed by atoms with Gasteiger partial charge in [0.25, 0.3) is 5.91 Å². The van der Waals surface area contributed by atoms with E-state index in [2.05, 4.69) is 5.32 Å². The van der Waals surface area contributed by atoms with Crippen LogP contribution >= 0.6 is 0 Å². The van der Waals surface area contributed by atoms with Crippen molar-refractivity contribution in [3.63, 3.8) is 0 Å². The Bertz CT molecular complexity index is 392. The van der Waals surface area contributed by atoms with Gasteiger partial charge in [-0.3, -0.25) is 4.79 Å². The van der Waals surface area contributed by atoms with E-state index in [0.717, 1.165) is 0 Å². The summed E-state index contributed by atoms with van der Waals surface area (Å²) < 4.78 is 18.5. The molecular weight excluding hydrogens is 197 g/mol. The molecule has 0 radical (unpaired) electrons. The van der Waals surface area contributed by atoms with Crippen LogP contribution in [0.2, 0.25) is 0 Å². The van der Waals surface area contributed by atoms with Crippen LogP contribution in [0, 0.1) is 12.7 Å². The molecule has 1 heterocycles. The third-order valence-corrected chi connectivity index (χ3v) is 2.42. The summed E-state index contributed by atoms with van der Waals surface area (Å²) in [6.45, 7) is 2.30. The van der Waals surface area contributed by atoms with E-state index in [0.29, 0.717) is 24.3 Å². The smallest absolute Gasteiger partial charge is 0.261 e. The topological polar surface area (TPSA) is 38.3 Å². The van der Waals surface area contributed by atoms with E-state index in [1.165, 1.54) is 6.07 Å². The van der Waals surface area contributed by atoms with Crippen molar-refractivity contribution < 1.29 is 13.9 Å². The lowest BCUT2D eigenvalue weighted by Gasteiger charge is -2.11. The second-order valence-corrected chi connectivity index (χ2v) is 3.60. The first-order valence-corrected chi connectivity index (χ1v) is 4.87. The molecule has 0 saturated carbocycles. The van der Waals surface area contributed by atoms with Crippen LogP contribution in [0.5, 0.6) is 5.75 Å². The number of rotatable bonds is 2. The fourth-order valence-electron chi connectivity index (χ4n) is 1.49. The highest BCUT2D eigenvalue weighted by molar-refractivity contribution is 5.83. The molecule has 0 bridgehead atoms. The Morgan fingerprint density at radius 2 is 2.33 bits per heavy atom. The summed E-state index contributed by atoms with van der Waals surface area (Å²) in [5.41, 5.74) is 0.568. The van der Waals surface area contributed by atoms with Gasteiger partial charge >= 0.3 is 0 Å². The molecule has 1 atom stereocenters. The Balaban J connectivity index is 2.10. The third kappa shape index (κ3) is 2.09. The van der Waals surface area contributed by atoms with Gasteiger partial charge in [-0.2, -0.15) is 0 Å². The summed E-state index contributed by atoms with van der Waals surface area (Å²) in [5, 5.41) is 2.66. The maximum atomic E-state index is 13.2. The van der Waals surface area contributed by atoms with Crippen LogP contribution in [0.4, 0.5) is 4.39 Å². The van der Waals surface area contributed by atoms with Crippen molar-refractivity contribution in [2.45, 2.75) is 19.4 Å². The van der Waals surface area contributed by atoms with Gasteiger partial charge in [0.05, 0.1) is 0 Å². The van der Waals surface area contributed by atoms with Crippen molar-refractivity contribution in [3.05, 3.63) is 29.6 Å². The molecule has 80 valence electrons. The van der Waals surface area contributed by atoms with Crippen molar-refractivity contribution >= 4 is 5.91 Å². The minimum atomic E-state index is -0.480. The molecule has 1 amide bonds. The molecule has 3 nitrogen and oxygen atoms in total. The quantitative estimate of drug-likeness (QED) is 0.799. The molecule has 0 aliphatic carbocycles. The maximum Gasteiger partial charge on any atom is 0.261 e. The molecule has 1 unspecified atom stereocenters. The van der Waals surface area contributed by atoms with Gasteiger partial charge in [-0.1, -0.05) is 6.07 Å². The number of hydrogen-bond acceptors (Lipinski definition) is 2. The lowest BCUT2D eigenvalue weighted by Crippen LogP contribution is -2.27. The number of aryl methyl sites for hydroxylation is 1. The van der Waals surface area contributed by atoms with Crippen LogP contribution in [-0.2, 0) is 4.79 Å². The lowest BCUT2D eigenvalue weighted by molar-refractivity contribution is -0.124. The van der Waals surface area contributed by atoms with Crippen molar-refractivity contribution in [1.82, 2.24) is 5.32 Å². The largest absolute Gasteiger partial charge is 0.480 e. The standard InChI is InChI=1S/C11H12FNO2/c1-7-2-3-8(6-9(7)12)15-10-4-5-13-11(10)14/h2-3,6,10H,4-5H2,1H3,(H,13,14). The number of nitrogens with one attached hydrogen (secondary N) is 1. The van der Waals surface area contributed by atoms with Gasteiger partial charge in [-0.15, -0.1) is 0 Å². The van der Waals surface area contributed by atoms with Crippen LogP contribution in [0.15, 0.2) is 18.2 Å². The molecule has 1 aliphatic heterocycles. The maximum absolute atomic E-state index is 13.2. The molecule has 15 heavy (non-hydrogen) atoms. The Labute approximate surface area is 87.2 Å². The monoisotopic (exact) mass is 209 g/mol. The molecule has 0 spiro atoms. The van der Waals surface area contributed by atoms with Gasteiger partial charge in [0.15, 0.2) is 6.10 Å². The number of carbonyl (C=O) groups is 1. The van der Waals surface area contributed by atoms with Crippen LogP contribution in [0.1, 0.15) is 12.0 Å². The van der Waals surface area contributed by atoms with Gasteiger partial charge in [0.2, 0.25) is 0 Å². The summed E-state index contributed by atoms with van der Waals surface area (Å²) >= 11 is 0. The SMILES string of the molecule is Cc1ccc(OC2CCNC2=O)cc1F. The van der Waals surface area contributed by atoms with Crippen molar-refractivity contribution in [2.75, 3.05) is 6.54 Å². The minimum absolute atomic E-state index is 0.129. The van der Waals surface area contributed by atoms with E-state index in [1.807, 2.05) is 0 Å². The zero-order chi connectivity index (χ0) is 10.8. The van der Waals surface area contributed by atoms with E-state index in [4.69, 9.17) is 4.74 Å². The second kappa shape index (κ2) is 3.88. The number of ether oxygens (including phenoxy) is 1. The van der Waals surface area contributed by atoms with Crippen molar-refractivity contribution in [2.24, 2.45) is 0 Å². The first kappa shape index (κ1) is 9.96. The number of hydrogen-bond donors (Lipinski definition) is 1. The highest BCUT2D eigenvalue weighted by Gasteiger charge is 2.25. The van der Waals surface area contributed by atoms with E-state index in [-0.39, 0.29) is 11.7 Å². The Morgan fingerprint density at radius 1 is 1.53 bits per heavy atom. The zero-order valence-electron chi connectivity index (χ0n) is 8.42. The average Bonchev–Trinajstić information content (AvgIpc) is 2.59. The summed E-state index contributed by atoms with van der Waals surface area (Å²) in [6.07, 6.45) is 0.154. The van der Waals surface area contributed by atoms with E-state index >= 15 is 0 Å². The number of benzene rings is 1. The first-order valence-electron chi connectivity index (χ1n) is 4.87. The fourth-order valence-corrected chi connectivity index (χ4v) is 1.49. The predicted molar refractivity (Wildman–Crippen MR) is 53.2 cm³/mol. The molecule has 1 fully saturated rings. The molecule has 4 heteroatoms. The molecule has 1 aromatic rings. The number of halogens is 1. The van der Waals surface area contributed by atoms with Crippen LogP contribution in [-0.4, -0.2) is 18.6 Å². The van der Waals surface area contributed by atoms with E-state index in [9.17, 15) is 9.18 Å². The Kier molecular flexibility index (Phi) is 2.58. The highest BCUT2D eigenvalue weighted by Crippen LogP contribution is 2.19. The summed E-state index contributed by atoms with van der Waals surface area (Å²) in [7, 11) is 0. The highest BCUT2D eigenvalue weighted by atomic mass is 19.1. The van der Waals surface area contributed by atoms with Crippen molar-refractivity contribution in [1.29, 1.82) is 0 Å². The predicted octanol–water partition coefficient (Wildman–Crippen LogP) is 1.40. The fraction of sp³-hybridized carbons (Fsp3) is 0.364. The second-order valence-electron chi connectivity index (χ2n) is 3.60. The minimum Gasteiger partial charge on any atom is -0.480 e. The molecule has 1 saturated heterocycles.